The van der Waals surface area contributed by atoms with Crippen molar-refractivity contribution in [3.8, 4) is 90.8 Å². The number of rotatable bonds is 30. The summed E-state index contributed by atoms with van der Waals surface area (Å²) in [7, 11) is -5.42. The number of fused-ring (bicyclic) bond motifs is 4. The number of sulfonamides is 2. The first kappa shape index (κ1) is 95.9. The number of nitrogens with one attached hydrogen (secondary N) is 3. The lowest BCUT2D eigenvalue weighted by atomic mass is 9.88. The molecule has 9 aliphatic rings. The van der Waals surface area contributed by atoms with Gasteiger partial charge in [0.2, 0.25) is 47.2 Å². The standard InChI is InChI=1S/C29H30N2O5S.C28H30N2O6S.C24H20ClNO3.C24H22N2O3S.2H2O.3H2/c32-28(29(15-16-29)21-11-14-26-27(17-21)36-19-35-26)18-23-7-4-8-25(30-23)20-9-12-24(13-10-20)37(33,34)31-22-5-2-1-3-6-22;1-18(2)24(16-31)30-37(33,34)22-9-6-19(7-10-22)23-5-3-4-21(29-23)15-27(32)28(12-13-28)20-8-11-25-26(14-20)36-17-35-25;1-15-20(16-2-5-18(25)6-3-16)8-7-19(26-15)13-23(27)24(10-11-24)17-4-9-21-22(12-17)29-14-28-21;1-25-30-20-7-3-16(4-8-20)17-2-6-19(26-14-17)13-23(27)24(10-11-24)18-5-9-21-22(12-18)29-15-28-21;;;;;/h4,7-14,17,22,31H,1-3,5-6,15-16,18-19H2;3-11,14,18,24,30-31H,12-13,15-17H2,1-2H3;2-9,12H,10-11,13-14H2,1H3;2-9,12,14,25H,10-11,13,15H2,1H3;2*1H2;3*1H/t;24-;;;;;;;/m.0......./s1. The molecule has 5 aliphatic carbocycles. The minimum absolute atomic E-state index is 0. The van der Waals surface area contributed by atoms with Crippen LogP contribution in [-0.4, -0.2) is 129 Å². The molecule has 5 fully saturated rings. The summed E-state index contributed by atoms with van der Waals surface area (Å²) in [5.41, 5.74) is 13.2. The van der Waals surface area contributed by atoms with Gasteiger partial charge in [0.1, 0.15) is 23.1 Å². The van der Waals surface area contributed by atoms with Crippen LogP contribution in [0.15, 0.2) is 251 Å². The predicted octanol–water partition coefficient (Wildman–Crippen LogP) is 17.5. The van der Waals surface area contributed by atoms with Crippen LogP contribution in [0.3, 0.4) is 0 Å². The number of aromatic nitrogens is 4. The molecule has 30 heteroatoms. The summed E-state index contributed by atoms with van der Waals surface area (Å²) < 4.78 is 103. The predicted molar refractivity (Wildman–Crippen MR) is 519 cm³/mol. The SMILES string of the molecule is CC(C)[C@H](CO)NS(=O)(=O)c1ccc(-c2cccc(CC(=O)C3(c4ccc5c(c4)OCO5)CC3)n2)cc1.CNSc1ccc(-c2ccc(CC(=O)C3(c4ccc5c(c4)OCO5)CC3)nc2)cc1.Cc1nc(CC(=O)C2(c3ccc4c(c3)OCO4)CC2)ccc1-c1ccc(Cl)cc1.O.O.O=C(Cc1cccc(-c2ccc(S(=O)(=O)NC3CCCCC3)cc2)n1)C1(c2ccc3c(c2)OCO3)CC1.[HH].[HH].[HH]. The minimum Gasteiger partial charge on any atom is -0.454 e. The highest BCUT2D eigenvalue weighted by Gasteiger charge is 2.54. The molecule has 0 amide bonds. The average Bonchev–Trinajstić information content (AvgIpc) is 1.60. The molecule has 8 N–H and O–H groups in total. The maximum absolute atomic E-state index is 13.4. The van der Waals surface area contributed by atoms with Gasteiger partial charge in [-0.3, -0.25) is 43.8 Å². The molecule has 8 heterocycles. The first-order valence-corrected chi connectivity index (χ1v) is 49.2. The van der Waals surface area contributed by atoms with E-state index in [1.54, 1.807) is 48.3 Å². The van der Waals surface area contributed by atoms with E-state index in [-0.39, 0.29) is 107 Å². The number of hydrogen-bond acceptors (Lipinski definition) is 23. The quantitative estimate of drug-likeness (QED) is 0.0304. The second-order valence-electron chi connectivity index (χ2n) is 35.5. The zero-order chi connectivity index (χ0) is 92.2. The van der Waals surface area contributed by atoms with E-state index in [2.05, 4.69) is 48.4 Å². The van der Waals surface area contributed by atoms with E-state index in [4.69, 9.17) is 59.5 Å². The number of aliphatic hydroxyl groups excluding tert-OH is 1. The van der Waals surface area contributed by atoms with E-state index < -0.39 is 47.7 Å². The molecule has 8 aromatic carbocycles. The molecule has 5 saturated carbocycles. The summed E-state index contributed by atoms with van der Waals surface area (Å²) in [4.78, 5) is 73.3. The van der Waals surface area contributed by atoms with Crippen molar-refractivity contribution >= 4 is 66.7 Å². The van der Waals surface area contributed by atoms with Crippen molar-refractivity contribution in [2.24, 2.45) is 5.92 Å². The third-order valence-electron chi connectivity index (χ3n) is 26.5. The third-order valence-corrected chi connectivity index (χ3v) is 30.5. The molecule has 4 aromatic heterocycles. The van der Waals surface area contributed by atoms with Gasteiger partial charge in [0.05, 0.1) is 49.4 Å². The molecule has 0 bridgehead atoms. The van der Waals surface area contributed by atoms with Crippen LogP contribution >= 0.6 is 23.5 Å². The van der Waals surface area contributed by atoms with E-state index in [9.17, 15) is 41.1 Å². The Kier molecular flexibility index (Phi) is 28.9. The van der Waals surface area contributed by atoms with Crippen molar-refractivity contribution in [1.82, 2.24) is 34.1 Å². The van der Waals surface area contributed by atoms with Gasteiger partial charge in [-0.25, -0.2) is 26.3 Å². The molecule has 12 aromatic rings. The number of ketones is 4. The number of halogens is 1. The van der Waals surface area contributed by atoms with Crippen LogP contribution in [0.25, 0.3) is 44.8 Å². The van der Waals surface area contributed by atoms with E-state index in [0.717, 1.165) is 178 Å². The fourth-order valence-corrected chi connectivity index (χ4v) is 21.3. The number of carbonyl (C=O) groups excluding carboxylic acids is 4. The highest BCUT2D eigenvalue weighted by molar-refractivity contribution is 7.97. The molecule has 4 aliphatic heterocycles. The lowest BCUT2D eigenvalue weighted by Crippen LogP contribution is -2.41. The number of aryl methyl sites for hydroxylation is 1. The smallest absolute Gasteiger partial charge is 0.240 e. The number of carbonyl (C=O) groups is 4. The summed E-state index contributed by atoms with van der Waals surface area (Å²) >= 11 is 7.57. The number of hydrogen-bond donors (Lipinski definition) is 4. The molecular formula is C105H112ClN7O19S3. The van der Waals surface area contributed by atoms with Gasteiger partial charge in [0, 0.05) is 109 Å². The first-order valence-electron chi connectivity index (χ1n) is 45.0. The second-order valence-corrected chi connectivity index (χ2v) is 40.4. The molecule has 0 spiro atoms. The molecule has 706 valence electrons. The highest BCUT2D eigenvalue weighted by atomic mass is 35.5. The molecule has 1 atom stereocenters. The normalized spacial score (nSPS) is 16.5. The van der Waals surface area contributed by atoms with E-state index in [1.807, 2.05) is 192 Å². The van der Waals surface area contributed by atoms with E-state index in [1.165, 1.54) is 18.6 Å². The molecule has 135 heavy (non-hydrogen) atoms. The number of nitrogens with zero attached hydrogens (tertiary/aromatic N) is 4. The van der Waals surface area contributed by atoms with Crippen molar-refractivity contribution in [1.29, 1.82) is 0 Å². The molecule has 0 saturated heterocycles. The molecule has 0 radical (unpaired) electrons. The maximum Gasteiger partial charge on any atom is 0.240 e. The molecule has 0 unspecified atom stereocenters. The number of pyridine rings is 4. The van der Waals surface area contributed by atoms with Gasteiger partial charge >= 0.3 is 0 Å². The van der Waals surface area contributed by atoms with Crippen LogP contribution in [0.4, 0.5) is 0 Å². The Morgan fingerprint density at radius 3 is 1.19 bits per heavy atom. The monoisotopic (exact) mass is 1910 g/mol. The van der Waals surface area contributed by atoms with Gasteiger partial charge in [-0.1, -0.05) is 142 Å². The Bertz CT molecular complexity index is 6630. The van der Waals surface area contributed by atoms with Crippen molar-refractivity contribution in [3.63, 3.8) is 0 Å². The number of Topliss-reactive ketones (excluding diaryl/α,β-unsaturated/α-hetero) is 4. The van der Waals surface area contributed by atoms with Crippen LogP contribution in [0.5, 0.6) is 46.0 Å². The van der Waals surface area contributed by atoms with Crippen LogP contribution in [-0.2, 0) is 86.6 Å². The van der Waals surface area contributed by atoms with Gasteiger partial charge in [0.25, 0.3) is 0 Å². The van der Waals surface area contributed by atoms with Gasteiger partial charge in [-0.2, -0.15) is 0 Å². The minimum atomic E-state index is -3.77. The number of benzene rings is 8. The summed E-state index contributed by atoms with van der Waals surface area (Å²) in [6.45, 7) is 6.27. The van der Waals surface area contributed by atoms with Gasteiger partial charge in [-0.05, 0) is 263 Å². The molecular weight excluding hydrogens is 1790 g/mol. The Hall–Kier alpha value is -12.3. The molecule has 26 nitrogen and oxygen atoms in total. The van der Waals surface area contributed by atoms with E-state index in [0.29, 0.717) is 63.6 Å². The first-order chi connectivity index (χ1) is 64.4. The highest BCUT2D eigenvalue weighted by Crippen LogP contribution is 2.56. The lowest BCUT2D eigenvalue weighted by molar-refractivity contribution is -0.121. The molecule has 21 rings (SSSR count). The third kappa shape index (κ3) is 21.4. The van der Waals surface area contributed by atoms with E-state index >= 15 is 0 Å². The van der Waals surface area contributed by atoms with Gasteiger partial charge < -0.3 is 54.0 Å². The Labute approximate surface area is 798 Å². The zero-order valence-electron chi connectivity index (χ0n) is 75.2. The van der Waals surface area contributed by atoms with Crippen LogP contribution in [0.2, 0.25) is 5.02 Å². The fraction of sp³-hybridized carbons (Fsp3) is 0.314. The van der Waals surface area contributed by atoms with Crippen molar-refractivity contribution in [2.75, 3.05) is 40.8 Å². The summed E-state index contributed by atoms with van der Waals surface area (Å²) in [6, 6.07) is 71.0. The lowest BCUT2D eigenvalue weighted by Gasteiger charge is -2.22. The summed E-state index contributed by atoms with van der Waals surface area (Å²) in [5, 5.41) is 10.2. The fourth-order valence-electron chi connectivity index (χ4n) is 18.0. The van der Waals surface area contributed by atoms with Crippen LogP contribution < -0.4 is 52.1 Å². The Morgan fingerprint density at radius 2 is 0.807 bits per heavy atom. The second kappa shape index (κ2) is 40.7. The summed E-state index contributed by atoms with van der Waals surface area (Å²) in [5.74, 6) is 6.36. The summed E-state index contributed by atoms with van der Waals surface area (Å²) in [6.07, 6.45) is 14.8. The largest absolute Gasteiger partial charge is 0.454 e. The maximum atomic E-state index is 13.4. The van der Waals surface area contributed by atoms with Crippen molar-refractivity contribution in [3.05, 3.63) is 292 Å². The Balaban J connectivity index is 0.000000154. The van der Waals surface area contributed by atoms with Crippen LogP contribution in [0, 0.1) is 12.8 Å². The van der Waals surface area contributed by atoms with Crippen molar-refractivity contribution < 1.29 is 94.2 Å². The van der Waals surface area contributed by atoms with Gasteiger partial charge in [0.15, 0.2) is 46.0 Å². The van der Waals surface area contributed by atoms with Crippen molar-refractivity contribution in [2.45, 2.75) is 178 Å². The van der Waals surface area contributed by atoms with Gasteiger partial charge in [-0.15, -0.1) is 0 Å². The Morgan fingerprint density at radius 1 is 0.437 bits per heavy atom. The van der Waals surface area contributed by atoms with Crippen LogP contribution in [0.1, 0.15) is 152 Å². The topological polar surface area (TPSA) is 381 Å². The number of ether oxygens (including phenoxy) is 8. The average molecular weight is 1910 g/mol. The zero-order valence-corrected chi connectivity index (χ0v) is 78.4. The number of aliphatic hydroxyl groups is 1.